The molecule has 1 fully saturated rings. The Balaban J connectivity index is 1.76. The summed E-state index contributed by atoms with van der Waals surface area (Å²) in [5, 5.41) is 6.77. The molecule has 0 aliphatic carbocycles. The normalized spacial score (nSPS) is 15.4. The van der Waals surface area contributed by atoms with E-state index in [4.69, 9.17) is 11.6 Å². The molecule has 0 saturated carbocycles. The second kappa shape index (κ2) is 7.11. The predicted molar refractivity (Wildman–Crippen MR) is 90.2 cm³/mol. The van der Waals surface area contributed by atoms with Gasteiger partial charge in [0.1, 0.15) is 5.82 Å². The van der Waals surface area contributed by atoms with Crippen LogP contribution in [-0.4, -0.2) is 25.0 Å². The second-order valence-electron chi connectivity index (χ2n) is 5.70. The first-order valence-corrected chi connectivity index (χ1v) is 8.08. The molecule has 23 heavy (non-hydrogen) atoms. The van der Waals surface area contributed by atoms with Gasteiger partial charge in [-0.05, 0) is 61.3 Å². The zero-order valence-corrected chi connectivity index (χ0v) is 13.4. The summed E-state index contributed by atoms with van der Waals surface area (Å²) in [4.78, 5) is 12.2. The maximum atomic E-state index is 14.3. The smallest absolute Gasteiger partial charge is 0.254 e. The Morgan fingerprint density at radius 1 is 1.09 bits per heavy atom. The van der Waals surface area contributed by atoms with Crippen LogP contribution in [0.2, 0.25) is 5.02 Å². The van der Waals surface area contributed by atoms with Crippen LogP contribution in [0.15, 0.2) is 42.5 Å². The van der Waals surface area contributed by atoms with E-state index >= 15 is 0 Å². The zero-order valence-electron chi connectivity index (χ0n) is 12.6. The molecule has 1 heterocycles. The summed E-state index contributed by atoms with van der Waals surface area (Å²) in [5.41, 5.74) is 1.66. The lowest BCUT2D eigenvalue weighted by Crippen LogP contribution is -2.42. The van der Waals surface area contributed by atoms with Gasteiger partial charge in [0.05, 0.1) is 5.56 Å². The third-order valence-electron chi connectivity index (χ3n) is 4.07. The number of carbonyl (C=O) groups excluding carboxylic acids is 1. The van der Waals surface area contributed by atoms with Crippen LogP contribution in [-0.2, 0) is 0 Å². The van der Waals surface area contributed by atoms with E-state index in [0.717, 1.165) is 37.1 Å². The monoisotopic (exact) mass is 332 g/mol. The predicted octanol–water partition coefficient (Wildman–Crippen LogP) is 3.63. The van der Waals surface area contributed by atoms with E-state index in [9.17, 15) is 9.18 Å². The first kappa shape index (κ1) is 16.0. The number of benzene rings is 2. The molecule has 2 aromatic carbocycles. The van der Waals surface area contributed by atoms with E-state index in [0.29, 0.717) is 5.02 Å². The van der Waals surface area contributed by atoms with Gasteiger partial charge in [-0.25, -0.2) is 4.39 Å². The largest absolute Gasteiger partial charge is 0.349 e. The summed E-state index contributed by atoms with van der Waals surface area (Å²) in [6.07, 6.45) is 1.74. The number of hydrogen-bond donors (Lipinski definition) is 2. The van der Waals surface area contributed by atoms with Gasteiger partial charge >= 0.3 is 0 Å². The molecule has 0 bridgehead atoms. The van der Waals surface area contributed by atoms with E-state index < -0.39 is 5.82 Å². The van der Waals surface area contributed by atoms with Crippen LogP contribution in [0.5, 0.6) is 0 Å². The van der Waals surface area contributed by atoms with Crippen LogP contribution in [0.25, 0.3) is 11.1 Å². The second-order valence-corrected chi connectivity index (χ2v) is 6.14. The van der Waals surface area contributed by atoms with Crippen LogP contribution in [0.4, 0.5) is 4.39 Å². The molecule has 0 atom stereocenters. The molecule has 120 valence electrons. The molecular weight excluding hydrogens is 315 g/mol. The summed E-state index contributed by atoms with van der Waals surface area (Å²) >= 11 is 5.86. The standard InChI is InChI=1S/C18H18ClFN2O/c19-14-4-1-12(2-5-14)13-3-6-16(17(20)11-13)18(23)22-15-7-9-21-10-8-15/h1-6,11,15,21H,7-10H2,(H,22,23). The SMILES string of the molecule is O=C(NC1CCNCC1)c1ccc(-c2ccc(Cl)cc2)cc1F. The van der Waals surface area contributed by atoms with Gasteiger partial charge in [0.2, 0.25) is 0 Å². The highest BCUT2D eigenvalue weighted by Crippen LogP contribution is 2.23. The van der Waals surface area contributed by atoms with Crippen molar-refractivity contribution in [3.8, 4) is 11.1 Å². The number of nitrogens with one attached hydrogen (secondary N) is 2. The third kappa shape index (κ3) is 3.89. The average molecular weight is 333 g/mol. The Kier molecular flexibility index (Phi) is 4.94. The van der Waals surface area contributed by atoms with E-state index in [-0.39, 0.29) is 17.5 Å². The first-order valence-electron chi connectivity index (χ1n) is 7.70. The van der Waals surface area contributed by atoms with Crippen molar-refractivity contribution in [2.24, 2.45) is 0 Å². The maximum Gasteiger partial charge on any atom is 0.254 e. The quantitative estimate of drug-likeness (QED) is 0.901. The van der Waals surface area contributed by atoms with Crippen LogP contribution in [0.1, 0.15) is 23.2 Å². The summed E-state index contributed by atoms with van der Waals surface area (Å²) in [6, 6.07) is 12.0. The van der Waals surface area contributed by atoms with Gasteiger partial charge in [-0.15, -0.1) is 0 Å². The first-order chi connectivity index (χ1) is 11.1. The Hall–Kier alpha value is -1.91. The van der Waals surface area contributed by atoms with Crippen LogP contribution in [0, 0.1) is 5.82 Å². The molecule has 0 radical (unpaired) electrons. The summed E-state index contributed by atoms with van der Waals surface area (Å²) in [6.45, 7) is 1.76. The molecule has 0 aromatic heterocycles. The topological polar surface area (TPSA) is 41.1 Å². The molecule has 5 heteroatoms. The minimum atomic E-state index is -0.510. The summed E-state index contributed by atoms with van der Waals surface area (Å²) < 4.78 is 14.3. The molecule has 0 spiro atoms. The molecule has 2 aromatic rings. The van der Waals surface area contributed by atoms with Gasteiger partial charge in [-0.3, -0.25) is 4.79 Å². The average Bonchev–Trinajstić information content (AvgIpc) is 2.56. The molecule has 3 rings (SSSR count). The number of rotatable bonds is 3. The fourth-order valence-corrected chi connectivity index (χ4v) is 2.88. The van der Waals surface area contributed by atoms with Crippen molar-refractivity contribution >= 4 is 17.5 Å². The molecule has 1 aliphatic heterocycles. The Bertz CT molecular complexity index is 697. The van der Waals surface area contributed by atoms with Crippen LogP contribution >= 0.6 is 11.6 Å². The highest BCUT2D eigenvalue weighted by Gasteiger charge is 2.18. The van der Waals surface area contributed by atoms with Gasteiger partial charge < -0.3 is 10.6 Å². The van der Waals surface area contributed by atoms with E-state index in [1.807, 2.05) is 12.1 Å². The van der Waals surface area contributed by atoms with Crippen LogP contribution < -0.4 is 10.6 Å². The lowest BCUT2D eigenvalue weighted by molar-refractivity contribution is 0.0925. The molecule has 1 amide bonds. The number of carbonyl (C=O) groups is 1. The van der Waals surface area contributed by atoms with Gasteiger partial charge in [0.25, 0.3) is 5.91 Å². The summed E-state index contributed by atoms with van der Waals surface area (Å²) in [5.74, 6) is -0.860. The highest BCUT2D eigenvalue weighted by atomic mass is 35.5. The molecule has 3 nitrogen and oxygen atoms in total. The fourth-order valence-electron chi connectivity index (χ4n) is 2.75. The van der Waals surface area contributed by atoms with Gasteiger partial charge in [0, 0.05) is 11.1 Å². The Morgan fingerprint density at radius 3 is 2.39 bits per heavy atom. The van der Waals surface area contributed by atoms with Gasteiger partial charge in [0.15, 0.2) is 0 Å². The Morgan fingerprint density at radius 2 is 1.74 bits per heavy atom. The maximum absolute atomic E-state index is 14.3. The van der Waals surface area contributed by atoms with E-state index in [1.165, 1.54) is 12.1 Å². The van der Waals surface area contributed by atoms with Gasteiger partial charge in [-0.2, -0.15) is 0 Å². The van der Waals surface area contributed by atoms with Crippen molar-refractivity contribution in [3.63, 3.8) is 0 Å². The number of hydrogen-bond acceptors (Lipinski definition) is 2. The number of piperidine rings is 1. The van der Waals surface area contributed by atoms with Crippen molar-refractivity contribution < 1.29 is 9.18 Å². The molecule has 1 aliphatic rings. The lowest BCUT2D eigenvalue weighted by atomic mass is 10.0. The third-order valence-corrected chi connectivity index (χ3v) is 4.32. The van der Waals surface area contributed by atoms with E-state index in [1.54, 1.807) is 18.2 Å². The highest BCUT2D eigenvalue weighted by molar-refractivity contribution is 6.30. The fraction of sp³-hybridized carbons (Fsp3) is 0.278. The van der Waals surface area contributed by atoms with Crippen molar-refractivity contribution in [2.75, 3.05) is 13.1 Å². The molecule has 0 unspecified atom stereocenters. The molecule has 1 saturated heterocycles. The van der Waals surface area contributed by atoms with Crippen molar-refractivity contribution in [1.82, 2.24) is 10.6 Å². The summed E-state index contributed by atoms with van der Waals surface area (Å²) in [7, 11) is 0. The lowest BCUT2D eigenvalue weighted by Gasteiger charge is -2.23. The number of amides is 1. The van der Waals surface area contributed by atoms with Crippen molar-refractivity contribution in [1.29, 1.82) is 0 Å². The van der Waals surface area contributed by atoms with E-state index in [2.05, 4.69) is 10.6 Å². The van der Waals surface area contributed by atoms with Crippen molar-refractivity contribution in [3.05, 3.63) is 58.9 Å². The molecular formula is C18H18ClFN2O. The Labute approximate surface area is 139 Å². The van der Waals surface area contributed by atoms with Crippen LogP contribution in [0.3, 0.4) is 0 Å². The minimum absolute atomic E-state index is 0.0845. The number of halogens is 2. The minimum Gasteiger partial charge on any atom is -0.349 e. The van der Waals surface area contributed by atoms with Gasteiger partial charge in [-0.1, -0.05) is 29.8 Å². The molecule has 2 N–H and O–H groups in total. The van der Waals surface area contributed by atoms with Crippen molar-refractivity contribution in [2.45, 2.75) is 18.9 Å². The zero-order chi connectivity index (χ0) is 16.2.